The molecule has 6 nitrogen and oxygen atoms in total. The van der Waals surface area contributed by atoms with E-state index in [1.54, 1.807) is 0 Å². The molecule has 0 spiro atoms. The number of rotatable bonds is 3. The molecule has 1 aromatic heterocycles. The second-order valence-electron chi connectivity index (χ2n) is 5.37. The molecule has 3 rings (SSSR count). The minimum absolute atomic E-state index is 0.0965. The molecule has 2 heterocycles. The van der Waals surface area contributed by atoms with Gasteiger partial charge in [0.25, 0.3) is 0 Å². The number of nitrogens with zero attached hydrogens (tertiary/aromatic N) is 4. The molecule has 24 heavy (non-hydrogen) atoms. The lowest BCUT2D eigenvalue weighted by atomic mass is 10.1. The Balaban J connectivity index is 1.62. The fourth-order valence-electron chi connectivity index (χ4n) is 2.43. The normalized spacial score (nSPS) is 14.8. The standard InChI is InChI=1S/C16H14F2N4O2/c17-12-3-1-11(2-4-12)7-14(23)21-5-6-22(15(24)10-21)16-19-8-13(18)9-20-16/h1-4,8-9H,5-7,10H2. The topological polar surface area (TPSA) is 66.4 Å². The van der Waals surface area contributed by atoms with E-state index in [-0.39, 0.29) is 43.1 Å². The van der Waals surface area contributed by atoms with Gasteiger partial charge in [-0.25, -0.2) is 18.7 Å². The van der Waals surface area contributed by atoms with Crippen LogP contribution >= 0.6 is 0 Å². The molecular weight excluding hydrogens is 318 g/mol. The summed E-state index contributed by atoms with van der Waals surface area (Å²) in [5.41, 5.74) is 0.679. The molecule has 0 radical (unpaired) electrons. The fourth-order valence-corrected chi connectivity index (χ4v) is 2.43. The summed E-state index contributed by atoms with van der Waals surface area (Å²) >= 11 is 0. The monoisotopic (exact) mass is 332 g/mol. The number of benzene rings is 1. The fraction of sp³-hybridized carbons (Fsp3) is 0.250. The van der Waals surface area contributed by atoms with Crippen LogP contribution in [0.2, 0.25) is 0 Å². The zero-order valence-corrected chi connectivity index (χ0v) is 12.7. The SMILES string of the molecule is O=C(Cc1ccc(F)cc1)N1CCN(c2ncc(F)cn2)C(=O)C1. The number of piperazine rings is 1. The van der Waals surface area contributed by atoms with Crippen LogP contribution in [0.25, 0.3) is 0 Å². The molecule has 1 aliphatic rings. The first-order valence-corrected chi connectivity index (χ1v) is 7.33. The van der Waals surface area contributed by atoms with E-state index in [9.17, 15) is 18.4 Å². The highest BCUT2D eigenvalue weighted by atomic mass is 19.1. The van der Waals surface area contributed by atoms with Crippen molar-refractivity contribution in [2.75, 3.05) is 24.5 Å². The molecule has 1 aromatic carbocycles. The second kappa shape index (κ2) is 6.69. The number of aromatic nitrogens is 2. The van der Waals surface area contributed by atoms with Gasteiger partial charge in [0.15, 0.2) is 5.82 Å². The Hall–Kier alpha value is -2.90. The van der Waals surface area contributed by atoms with E-state index in [4.69, 9.17) is 0 Å². The third-order valence-corrected chi connectivity index (χ3v) is 3.69. The lowest BCUT2D eigenvalue weighted by Gasteiger charge is -2.33. The van der Waals surface area contributed by atoms with Gasteiger partial charge < -0.3 is 4.90 Å². The summed E-state index contributed by atoms with van der Waals surface area (Å²) in [7, 11) is 0. The molecule has 0 bridgehead atoms. The summed E-state index contributed by atoms with van der Waals surface area (Å²) in [6.07, 6.45) is 2.07. The molecule has 0 atom stereocenters. The molecule has 0 unspecified atom stereocenters. The van der Waals surface area contributed by atoms with Crippen molar-refractivity contribution >= 4 is 17.8 Å². The minimum atomic E-state index is -0.584. The van der Waals surface area contributed by atoms with Gasteiger partial charge in [0.1, 0.15) is 12.4 Å². The Morgan fingerprint density at radius 3 is 2.33 bits per heavy atom. The van der Waals surface area contributed by atoms with Crippen molar-refractivity contribution in [1.29, 1.82) is 0 Å². The van der Waals surface area contributed by atoms with Crippen molar-refractivity contribution in [1.82, 2.24) is 14.9 Å². The first-order chi connectivity index (χ1) is 11.5. The minimum Gasteiger partial charge on any atom is -0.331 e. The number of hydrogen-bond acceptors (Lipinski definition) is 4. The lowest BCUT2D eigenvalue weighted by Crippen LogP contribution is -2.53. The van der Waals surface area contributed by atoms with Crippen LogP contribution in [-0.4, -0.2) is 46.3 Å². The number of anilines is 1. The van der Waals surface area contributed by atoms with E-state index in [1.165, 1.54) is 34.1 Å². The Morgan fingerprint density at radius 2 is 1.71 bits per heavy atom. The predicted molar refractivity (Wildman–Crippen MR) is 81.0 cm³/mol. The second-order valence-corrected chi connectivity index (χ2v) is 5.37. The van der Waals surface area contributed by atoms with Crippen LogP contribution in [0.5, 0.6) is 0 Å². The van der Waals surface area contributed by atoms with Gasteiger partial charge in [-0.2, -0.15) is 0 Å². The van der Waals surface area contributed by atoms with E-state index in [1.807, 2.05) is 0 Å². The van der Waals surface area contributed by atoms with Crippen molar-refractivity contribution in [3.63, 3.8) is 0 Å². The van der Waals surface area contributed by atoms with Gasteiger partial charge in [0.05, 0.1) is 18.8 Å². The molecule has 1 saturated heterocycles. The number of carbonyl (C=O) groups is 2. The average molecular weight is 332 g/mol. The van der Waals surface area contributed by atoms with Crippen LogP contribution in [-0.2, 0) is 16.0 Å². The number of hydrogen-bond donors (Lipinski definition) is 0. The maximum absolute atomic E-state index is 12.9. The maximum Gasteiger partial charge on any atom is 0.249 e. The number of carbonyl (C=O) groups excluding carboxylic acids is 2. The largest absolute Gasteiger partial charge is 0.331 e. The van der Waals surface area contributed by atoms with Crippen molar-refractivity contribution in [2.45, 2.75) is 6.42 Å². The summed E-state index contributed by atoms with van der Waals surface area (Å²) in [6, 6.07) is 5.66. The summed E-state index contributed by atoms with van der Waals surface area (Å²) in [6.45, 7) is 0.465. The maximum atomic E-state index is 12.9. The van der Waals surface area contributed by atoms with Gasteiger partial charge in [-0.15, -0.1) is 0 Å². The molecule has 1 aliphatic heterocycles. The molecule has 0 N–H and O–H groups in total. The zero-order chi connectivity index (χ0) is 17.1. The van der Waals surface area contributed by atoms with Gasteiger partial charge in [-0.1, -0.05) is 12.1 Å². The molecule has 0 aliphatic carbocycles. The quantitative estimate of drug-likeness (QED) is 0.846. The highest BCUT2D eigenvalue weighted by Gasteiger charge is 2.29. The molecule has 1 fully saturated rings. The van der Waals surface area contributed by atoms with Gasteiger partial charge in [0.2, 0.25) is 17.8 Å². The van der Waals surface area contributed by atoms with Crippen LogP contribution in [0.1, 0.15) is 5.56 Å². The van der Waals surface area contributed by atoms with Crippen LogP contribution in [0.3, 0.4) is 0 Å². The Morgan fingerprint density at radius 1 is 1.04 bits per heavy atom. The third kappa shape index (κ3) is 3.53. The summed E-state index contributed by atoms with van der Waals surface area (Å²) in [5, 5.41) is 0. The van der Waals surface area contributed by atoms with Crippen molar-refractivity contribution < 1.29 is 18.4 Å². The van der Waals surface area contributed by atoms with E-state index in [0.29, 0.717) is 12.1 Å². The first-order valence-electron chi connectivity index (χ1n) is 7.33. The molecule has 124 valence electrons. The van der Waals surface area contributed by atoms with Gasteiger partial charge >= 0.3 is 0 Å². The molecule has 8 heteroatoms. The van der Waals surface area contributed by atoms with E-state index in [0.717, 1.165) is 12.4 Å². The summed E-state index contributed by atoms with van der Waals surface area (Å²) < 4.78 is 25.7. The summed E-state index contributed by atoms with van der Waals surface area (Å²) in [4.78, 5) is 34.8. The van der Waals surface area contributed by atoms with Gasteiger partial charge in [-0.3, -0.25) is 14.5 Å². The number of amides is 2. The van der Waals surface area contributed by atoms with Crippen LogP contribution in [0.15, 0.2) is 36.7 Å². The molecule has 2 aromatic rings. The number of halogens is 2. The van der Waals surface area contributed by atoms with Crippen molar-refractivity contribution in [2.24, 2.45) is 0 Å². The molecule has 0 saturated carbocycles. The van der Waals surface area contributed by atoms with E-state index < -0.39 is 5.82 Å². The van der Waals surface area contributed by atoms with Crippen LogP contribution < -0.4 is 4.90 Å². The predicted octanol–water partition coefficient (Wildman–Crippen LogP) is 1.17. The zero-order valence-electron chi connectivity index (χ0n) is 12.7. The van der Waals surface area contributed by atoms with E-state index >= 15 is 0 Å². The molecular formula is C16H14F2N4O2. The van der Waals surface area contributed by atoms with Crippen LogP contribution in [0.4, 0.5) is 14.7 Å². The smallest absolute Gasteiger partial charge is 0.249 e. The Labute approximate surface area is 136 Å². The average Bonchev–Trinajstić information content (AvgIpc) is 2.58. The first kappa shape index (κ1) is 16.0. The van der Waals surface area contributed by atoms with E-state index in [2.05, 4.69) is 9.97 Å². The van der Waals surface area contributed by atoms with Gasteiger partial charge in [0, 0.05) is 13.1 Å². The third-order valence-electron chi connectivity index (χ3n) is 3.69. The Bertz CT molecular complexity index is 748. The van der Waals surface area contributed by atoms with Crippen molar-refractivity contribution in [3.05, 3.63) is 53.9 Å². The lowest BCUT2D eigenvalue weighted by molar-refractivity contribution is -0.136. The van der Waals surface area contributed by atoms with Gasteiger partial charge in [-0.05, 0) is 17.7 Å². The summed E-state index contributed by atoms with van der Waals surface area (Å²) in [5.74, 6) is -1.38. The highest BCUT2D eigenvalue weighted by molar-refractivity contribution is 5.96. The van der Waals surface area contributed by atoms with Crippen molar-refractivity contribution in [3.8, 4) is 0 Å². The van der Waals surface area contributed by atoms with Crippen LogP contribution in [0, 0.1) is 11.6 Å². The molecule has 2 amide bonds. The highest BCUT2D eigenvalue weighted by Crippen LogP contribution is 2.13. The Kier molecular flexibility index (Phi) is 4.45.